The third-order valence-corrected chi connectivity index (χ3v) is 2.40. The fraction of sp³-hybridized carbons (Fsp3) is 0.750. The highest BCUT2D eigenvalue weighted by molar-refractivity contribution is 5.85. The molecule has 88 valence electrons. The minimum absolute atomic E-state index is 0. The van der Waals surface area contributed by atoms with Crippen LogP contribution in [-0.4, -0.2) is 41.7 Å². The zero-order chi connectivity index (χ0) is 10.6. The monoisotopic (exact) mass is 236 g/mol. The van der Waals surface area contributed by atoms with Crippen LogP contribution in [0.1, 0.15) is 12.8 Å². The Bertz CT molecular complexity index is 237. The molecule has 1 aliphatic heterocycles. The van der Waals surface area contributed by atoms with Crippen LogP contribution >= 0.6 is 12.4 Å². The van der Waals surface area contributed by atoms with Crippen molar-refractivity contribution in [1.29, 1.82) is 5.41 Å². The second-order valence-corrected chi connectivity index (χ2v) is 3.53. The van der Waals surface area contributed by atoms with Gasteiger partial charge >= 0.3 is 6.09 Å². The first kappa shape index (κ1) is 13.8. The Kier molecular flexibility index (Phi) is 5.84. The molecule has 1 amide bonds. The molecule has 0 aromatic heterocycles. The summed E-state index contributed by atoms with van der Waals surface area (Å²) in [6.07, 6.45) is 0.959. The number of likely N-dealkylation sites (tertiary alicyclic amines) is 1. The number of carbonyl (C=O) groups is 1. The number of guanidine groups is 1. The van der Waals surface area contributed by atoms with Crippen molar-refractivity contribution in [2.45, 2.75) is 12.8 Å². The highest BCUT2D eigenvalue weighted by Crippen LogP contribution is 2.14. The normalized spacial score (nSPS) is 20.3. The van der Waals surface area contributed by atoms with Crippen LogP contribution in [0.25, 0.3) is 0 Å². The highest BCUT2D eigenvalue weighted by atomic mass is 35.5. The average molecular weight is 237 g/mol. The number of halogens is 1. The minimum Gasteiger partial charge on any atom is -0.465 e. The molecule has 6 nitrogen and oxygen atoms in total. The Labute approximate surface area is 94.7 Å². The Morgan fingerprint density at radius 1 is 1.67 bits per heavy atom. The van der Waals surface area contributed by atoms with Gasteiger partial charge in [0.15, 0.2) is 5.96 Å². The largest absolute Gasteiger partial charge is 0.465 e. The maximum Gasteiger partial charge on any atom is 0.404 e. The van der Waals surface area contributed by atoms with Crippen molar-refractivity contribution in [1.82, 2.24) is 10.2 Å². The van der Waals surface area contributed by atoms with E-state index in [1.165, 1.54) is 0 Å². The lowest BCUT2D eigenvalue weighted by Gasteiger charge is -2.32. The van der Waals surface area contributed by atoms with Crippen LogP contribution in [-0.2, 0) is 0 Å². The third kappa shape index (κ3) is 4.73. The third-order valence-electron chi connectivity index (χ3n) is 2.40. The molecule has 1 heterocycles. The smallest absolute Gasteiger partial charge is 0.404 e. The molecule has 7 heteroatoms. The number of piperidine rings is 1. The van der Waals surface area contributed by atoms with Gasteiger partial charge in [-0.3, -0.25) is 5.41 Å². The number of carboxylic acid groups (broad SMARTS) is 1. The molecule has 0 aromatic carbocycles. The lowest BCUT2D eigenvalue weighted by molar-refractivity contribution is 0.186. The molecule has 1 fully saturated rings. The predicted molar refractivity (Wildman–Crippen MR) is 59.5 cm³/mol. The summed E-state index contributed by atoms with van der Waals surface area (Å²) in [4.78, 5) is 12.0. The van der Waals surface area contributed by atoms with E-state index in [4.69, 9.17) is 16.2 Å². The molecule has 1 atom stereocenters. The predicted octanol–water partition coefficient (Wildman–Crippen LogP) is 0.281. The number of nitrogens with zero attached hydrogens (tertiary/aromatic N) is 1. The van der Waals surface area contributed by atoms with Crippen LogP contribution in [0.5, 0.6) is 0 Å². The van der Waals surface area contributed by atoms with Crippen molar-refractivity contribution in [2.75, 3.05) is 19.6 Å². The van der Waals surface area contributed by atoms with E-state index in [2.05, 4.69) is 5.32 Å². The molecule has 0 saturated carbocycles. The summed E-state index contributed by atoms with van der Waals surface area (Å²) in [7, 11) is 0. The molecule has 1 rings (SSSR count). The van der Waals surface area contributed by atoms with Crippen LogP contribution in [0.15, 0.2) is 0 Å². The quantitative estimate of drug-likeness (QED) is 0.409. The Hall–Kier alpha value is -1.17. The van der Waals surface area contributed by atoms with Gasteiger partial charge < -0.3 is 21.1 Å². The number of amides is 1. The topological polar surface area (TPSA) is 102 Å². The van der Waals surface area contributed by atoms with Gasteiger partial charge in [0.1, 0.15) is 0 Å². The van der Waals surface area contributed by atoms with Crippen molar-refractivity contribution in [3.63, 3.8) is 0 Å². The summed E-state index contributed by atoms with van der Waals surface area (Å²) >= 11 is 0. The maximum atomic E-state index is 10.3. The summed E-state index contributed by atoms with van der Waals surface area (Å²) in [5.74, 6) is 0.341. The second kappa shape index (κ2) is 6.34. The maximum absolute atomic E-state index is 10.3. The van der Waals surface area contributed by atoms with E-state index in [0.717, 1.165) is 19.4 Å². The lowest BCUT2D eigenvalue weighted by Crippen LogP contribution is -2.46. The molecule has 0 spiro atoms. The van der Waals surface area contributed by atoms with E-state index in [9.17, 15) is 4.79 Å². The van der Waals surface area contributed by atoms with E-state index < -0.39 is 6.09 Å². The number of rotatable bonds is 2. The highest BCUT2D eigenvalue weighted by Gasteiger charge is 2.20. The zero-order valence-electron chi connectivity index (χ0n) is 8.40. The van der Waals surface area contributed by atoms with Crippen LogP contribution in [0.3, 0.4) is 0 Å². The minimum atomic E-state index is -0.995. The summed E-state index contributed by atoms with van der Waals surface area (Å²) in [6, 6.07) is 0. The van der Waals surface area contributed by atoms with Gasteiger partial charge in [-0.1, -0.05) is 0 Å². The Balaban J connectivity index is 0.00000196. The van der Waals surface area contributed by atoms with Crippen LogP contribution in [0.4, 0.5) is 4.79 Å². The van der Waals surface area contributed by atoms with Crippen molar-refractivity contribution in [2.24, 2.45) is 11.7 Å². The molecule has 5 N–H and O–H groups in total. The number of hydrogen-bond acceptors (Lipinski definition) is 2. The summed E-state index contributed by atoms with van der Waals surface area (Å²) < 4.78 is 0. The van der Waals surface area contributed by atoms with Gasteiger partial charge in [-0.25, -0.2) is 4.79 Å². The Morgan fingerprint density at radius 2 is 2.33 bits per heavy atom. The fourth-order valence-corrected chi connectivity index (χ4v) is 1.68. The van der Waals surface area contributed by atoms with Gasteiger partial charge in [0.2, 0.25) is 0 Å². The second-order valence-electron chi connectivity index (χ2n) is 3.53. The zero-order valence-corrected chi connectivity index (χ0v) is 9.22. The van der Waals surface area contributed by atoms with Crippen LogP contribution in [0.2, 0.25) is 0 Å². The SMILES string of the molecule is Cl.N=C(N)N1CCC[C@@H](CNC(=O)O)C1. The van der Waals surface area contributed by atoms with Gasteiger partial charge in [-0.2, -0.15) is 0 Å². The van der Waals surface area contributed by atoms with E-state index in [0.29, 0.717) is 13.1 Å². The molecule has 0 aliphatic carbocycles. The fourth-order valence-electron chi connectivity index (χ4n) is 1.68. The summed E-state index contributed by atoms with van der Waals surface area (Å²) in [6.45, 7) is 1.92. The lowest BCUT2D eigenvalue weighted by atomic mass is 9.98. The molecule has 0 bridgehead atoms. The van der Waals surface area contributed by atoms with E-state index in [-0.39, 0.29) is 24.3 Å². The first-order valence-electron chi connectivity index (χ1n) is 4.65. The average Bonchev–Trinajstić information content (AvgIpc) is 2.15. The van der Waals surface area contributed by atoms with Crippen LogP contribution < -0.4 is 11.1 Å². The van der Waals surface area contributed by atoms with E-state index in [1.807, 2.05) is 0 Å². The number of nitrogens with one attached hydrogen (secondary N) is 2. The van der Waals surface area contributed by atoms with Crippen molar-refractivity contribution in [3.05, 3.63) is 0 Å². The van der Waals surface area contributed by atoms with Crippen LogP contribution in [0, 0.1) is 11.3 Å². The van der Waals surface area contributed by atoms with Crippen molar-refractivity contribution in [3.8, 4) is 0 Å². The van der Waals surface area contributed by atoms with E-state index >= 15 is 0 Å². The van der Waals surface area contributed by atoms with Gasteiger partial charge in [-0.15, -0.1) is 12.4 Å². The van der Waals surface area contributed by atoms with Crippen molar-refractivity contribution >= 4 is 24.5 Å². The molecular weight excluding hydrogens is 220 g/mol. The molecular formula is C8H17ClN4O2. The molecule has 0 radical (unpaired) electrons. The molecule has 15 heavy (non-hydrogen) atoms. The number of nitrogens with two attached hydrogens (primary N) is 1. The molecule has 1 aliphatic rings. The first-order chi connectivity index (χ1) is 6.59. The molecule has 1 saturated heterocycles. The standard InChI is InChI=1S/C8H16N4O2.ClH/c9-7(10)12-3-1-2-6(5-12)4-11-8(13)14;/h6,11H,1-5H2,(H3,9,10)(H,13,14);1H/t6-;/m0./s1. The summed E-state index contributed by atoms with van der Waals surface area (Å²) in [5.41, 5.74) is 5.36. The van der Waals surface area contributed by atoms with Gasteiger partial charge in [0.05, 0.1) is 0 Å². The molecule has 0 unspecified atom stereocenters. The summed E-state index contributed by atoms with van der Waals surface area (Å²) in [5, 5.41) is 18.0. The number of hydrogen-bond donors (Lipinski definition) is 4. The molecule has 0 aromatic rings. The van der Waals surface area contributed by atoms with Gasteiger partial charge in [-0.05, 0) is 18.8 Å². The van der Waals surface area contributed by atoms with Crippen molar-refractivity contribution < 1.29 is 9.90 Å². The van der Waals surface area contributed by atoms with E-state index in [1.54, 1.807) is 4.90 Å². The van der Waals surface area contributed by atoms with Gasteiger partial charge in [0, 0.05) is 19.6 Å². The Morgan fingerprint density at radius 3 is 2.87 bits per heavy atom. The first-order valence-corrected chi connectivity index (χ1v) is 4.65. The van der Waals surface area contributed by atoms with Gasteiger partial charge in [0.25, 0.3) is 0 Å².